The SMILES string of the molecule is O=Cc1ccc(OCc2c(F)cccc2Cl)c([N+](=O)[O-])c1. The van der Waals surface area contributed by atoms with Gasteiger partial charge in [0.15, 0.2) is 5.75 Å². The Balaban J connectivity index is 2.28. The zero-order valence-electron chi connectivity index (χ0n) is 10.6. The van der Waals surface area contributed by atoms with Crippen LogP contribution in [0.15, 0.2) is 36.4 Å². The van der Waals surface area contributed by atoms with Crippen LogP contribution in [-0.4, -0.2) is 11.2 Å². The predicted molar refractivity (Wildman–Crippen MR) is 74.2 cm³/mol. The highest BCUT2D eigenvalue weighted by atomic mass is 35.5. The minimum absolute atomic E-state index is 0.0649. The molecule has 5 nitrogen and oxygen atoms in total. The minimum atomic E-state index is -0.675. The quantitative estimate of drug-likeness (QED) is 0.479. The van der Waals surface area contributed by atoms with Gasteiger partial charge in [-0.3, -0.25) is 14.9 Å². The predicted octanol–water partition coefficient (Wildman–Crippen LogP) is 3.78. The second kappa shape index (κ2) is 6.32. The Hall–Kier alpha value is -2.47. The molecule has 108 valence electrons. The van der Waals surface area contributed by atoms with Gasteiger partial charge in [0.1, 0.15) is 18.7 Å². The number of hydrogen-bond acceptors (Lipinski definition) is 4. The summed E-state index contributed by atoms with van der Waals surface area (Å²) in [6.45, 7) is -0.257. The van der Waals surface area contributed by atoms with Crippen LogP contribution in [0.4, 0.5) is 10.1 Å². The summed E-state index contributed by atoms with van der Waals surface area (Å²) >= 11 is 5.85. The number of aldehydes is 1. The molecule has 0 saturated heterocycles. The maximum atomic E-state index is 13.6. The van der Waals surface area contributed by atoms with Gasteiger partial charge in [-0.1, -0.05) is 17.7 Å². The van der Waals surface area contributed by atoms with Gasteiger partial charge in [0.25, 0.3) is 0 Å². The molecule has 0 radical (unpaired) electrons. The molecule has 0 heterocycles. The molecule has 2 rings (SSSR count). The molecule has 2 aromatic rings. The van der Waals surface area contributed by atoms with E-state index in [4.69, 9.17) is 16.3 Å². The van der Waals surface area contributed by atoms with Crippen molar-refractivity contribution in [3.63, 3.8) is 0 Å². The van der Waals surface area contributed by atoms with E-state index in [1.54, 1.807) is 0 Å². The van der Waals surface area contributed by atoms with Gasteiger partial charge >= 0.3 is 5.69 Å². The largest absolute Gasteiger partial charge is 0.482 e. The minimum Gasteiger partial charge on any atom is -0.482 e. The first kappa shape index (κ1) is 14.9. The lowest BCUT2D eigenvalue weighted by molar-refractivity contribution is -0.386. The Bertz CT molecular complexity index is 685. The van der Waals surface area contributed by atoms with E-state index in [0.29, 0.717) is 6.29 Å². The van der Waals surface area contributed by atoms with Crippen molar-refractivity contribution in [1.82, 2.24) is 0 Å². The molecule has 0 aliphatic heterocycles. The molecule has 0 saturated carbocycles. The highest BCUT2D eigenvalue weighted by molar-refractivity contribution is 6.31. The molecule has 2 aromatic carbocycles. The van der Waals surface area contributed by atoms with E-state index in [1.165, 1.54) is 30.3 Å². The number of rotatable bonds is 5. The molecular weight excluding hydrogens is 301 g/mol. The normalized spacial score (nSPS) is 10.2. The molecule has 7 heteroatoms. The fourth-order valence-electron chi connectivity index (χ4n) is 1.69. The third-order valence-corrected chi connectivity index (χ3v) is 3.10. The number of carbonyl (C=O) groups is 1. The number of ether oxygens (including phenoxy) is 1. The lowest BCUT2D eigenvalue weighted by Crippen LogP contribution is -2.02. The number of benzene rings is 2. The number of nitro groups is 1. The van der Waals surface area contributed by atoms with Crippen LogP contribution in [0.25, 0.3) is 0 Å². The molecule has 0 fully saturated rings. The fraction of sp³-hybridized carbons (Fsp3) is 0.0714. The third kappa shape index (κ3) is 3.35. The Morgan fingerprint density at radius 3 is 2.71 bits per heavy atom. The topological polar surface area (TPSA) is 69.4 Å². The molecule has 0 aliphatic rings. The second-order valence-corrected chi connectivity index (χ2v) is 4.50. The Labute approximate surface area is 124 Å². The van der Waals surface area contributed by atoms with Crippen molar-refractivity contribution in [3.05, 3.63) is 68.5 Å². The van der Waals surface area contributed by atoms with Gasteiger partial charge in [-0.15, -0.1) is 0 Å². The van der Waals surface area contributed by atoms with Gasteiger partial charge in [-0.05, 0) is 24.3 Å². The highest BCUT2D eigenvalue weighted by Crippen LogP contribution is 2.29. The lowest BCUT2D eigenvalue weighted by atomic mass is 10.2. The molecule has 0 bridgehead atoms. The summed E-state index contributed by atoms with van der Waals surface area (Å²) in [5.74, 6) is -0.625. The van der Waals surface area contributed by atoms with Gasteiger partial charge in [-0.2, -0.15) is 0 Å². The van der Waals surface area contributed by atoms with Crippen molar-refractivity contribution in [2.75, 3.05) is 0 Å². The number of nitro benzene ring substituents is 1. The van der Waals surface area contributed by atoms with Crippen LogP contribution in [0, 0.1) is 15.9 Å². The van der Waals surface area contributed by atoms with Crippen molar-refractivity contribution >= 4 is 23.6 Å². The summed E-state index contributed by atoms with van der Waals surface area (Å²) in [4.78, 5) is 20.9. The molecule has 0 atom stereocenters. The summed E-state index contributed by atoms with van der Waals surface area (Å²) in [6.07, 6.45) is 0.491. The summed E-state index contributed by atoms with van der Waals surface area (Å²) in [5.41, 5.74) is -0.113. The molecule has 0 spiro atoms. The van der Waals surface area contributed by atoms with Crippen LogP contribution >= 0.6 is 11.6 Å². The number of nitrogens with zero attached hydrogens (tertiary/aromatic N) is 1. The van der Waals surface area contributed by atoms with Crippen molar-refractivity contribution in [1.29, 1.82) is 0 Å². The molecular formula is C14H9ClFNO4. The van der Waals surface area contributed by atoms with E-state index >= 15 is 0 Å². The van der Waals surface area contributed by atoms with Crippen LogP contribution in [0.1, 0.15) is 15.9 Å². The zero-order valence-corrected chi connectivity index (χ0v) is 11.3. The Morgan fingerprint density at radius 2 is 2.10 bits per heavy atom. The first-order valence-corrected chi connectivity index (χ1v) is 6.20. The standard InChI is InChI=1S/C14H9ClFNO4/c15-11-2-1-3-12(16)10(11)8-21-14-5-4-9(7-18)6-13(14)17(19)20/h1-7H,8H2. The van der Waals surface area contributed by atoms with Gasteiger partial charge in [0.05, 0.1) is 9.95 Å². The van der Waals surface area contributed by atoms with Crippen molar-refractivity contribution in [2.24, 2.45) is 0 Å². The first-order chi connectivity index (χ1) is 10.0. The molecule has 0 N–H and O–H groups in total. The maximum Gasteiger partial charge on any atom is 0.311 e. The van der Waals surface area contributed by atoms with Crippen LogP contribution in [0.2, 0.25) is 5.02 Å². The molecule has 0 amide bonds. The molecule has 0 unspecified atom stereocenters. The fourth-order valence-corrected chi connectivity index (χ4v) is 1.91. The smallest absolute Gasteiger partial charge is 0.311 e. The maximum absolute atomic E-state index is 13.6. The third-order valence-electron chi connectivity index (χ3n) is 2.75. The average Bonchev–Trinajstić information content (AvgIpc) is 2.46. The number of hydrogen-bond donors (Lipinski definition) is 0. The van der Waals surface area contributed by atoms with Crippen LogP contribution in [-0.2, 0) is 6.61 Å². The summed E-state index contributed by atoms with van der Waals surface area (Å²) in [5, 5.41) is 11.1. The van der Waals surface area contributed by atoms with Gasteiger partial charge in [0, 0.05) is 17.2 Å². The summed E-state index contributed by atoms with van der Waals surface area (Å²) < 4.78 is 18.8. The number of carbonyl (C=O) groups excluding carboxylic acids is 1. The van der Waals surface area contributed by atoms with E-state index < -0.39 is 10.7 Å². The average molecular weight is 310 g/mol. The summed E-state index contributed by atoms with van der Waals surface area (Å²) in [7, 11) is 0. The highest BCUT2D eigenvalue weighted by Gasteiger charge is 2.17. The van der Waals surface area contributed by atoms with Crippen LogP contribution in [0.3, 0.4) is 0 Å². The Morgan fingerprint density at radius 1 is 1.33 bits per heavy atom. The van der Waals surface area contributed by atoms with Crippen molar-refractivity contribution < 1.29 is 18.8 Å². The van der Waals surface area contributed by atoms with E-state index in [2.05, 4.69) is 0 Å². The van der Waals surface area contributed by atoms with Crippen LogP contribution < -0.4 is 4.74 Å². The van der Waals surface area contributed by atoms with Crippen molar-refractivity contribution in [3.8, 4) is 5.75 Å². The number of halogens is 2. The van der Waals surface area contributed by atoms with E-state index in [0.717, 1.165) is 6.07 Å². The van der Waals surface area contributed by atoms with E-state index in [1.807, 2.05) is 0 Å². The molecule has 21 heavy (non-hydrogen) atoms. The summed E-state index contributed by atoms with van der Waals surface area (Å²) in [6, 6.07) is 7.91. The van der Waals surface area contributed by atoms with Gasteiger partial charge in [-0.25, -0.2) is 4.39 Å². The monoisotopic (exact) mass is 309 g/mol. The zero-order chi connectivity index (χ0) is 15.4. The van der Waals surface area contributed by atoms with E-state index in [9.17, 15) is 19.3 Å². The second-order valence-electron chi connectivity index (χ2n) is 4.09. The van der Waals surface area contributed by atoms with E-state index in [-0.39, 0.29) is 34.2 Å². The Kier molecular flexibility index (Phi) is 4.49. The first-order valence-electron chi connectivity index (χ1n) is 5.82. The van der Waals surface area contributed by atoms with Gasteiger partial charge < -0.3 is 4.74 Å². The molecule has 0 aliphatic carbocycles. The van der Waals surface area contributed by atoms with Crippen LogP contribution in [0.5, 0.6) is 5.75 Å². The van der Waals surface area contributed by atoms with Gasteiger partial charge in [0.2, 0.25) is 0 Å². The van der Waals surface area contributed by atoms with Crippen molar-refractivity contribution in [2.45, 2.75) is 6.61 Å². The lowest BCUT2D eigenvalue weighted by Gasteiger charge is -2.09. The molecule has 0 aromatic heterocycles.